The molecule has 2 rings (SSSR count). The van der Waals surface area contributed by atoms with E-state index in [-0.39, 0.29) is 17.1 Å². The van der Waals surface area contributed by atoms with Crippen molar-refractivity contribution in [1.29, 1.82) is 0 Å². The Kier molecular flexibility index (Phi) is 3.18. The highest BCUT2D eigenvalue weighted by molar-refractivity contribution is 5.90. The molecule has 92 valence electrons. The van der Waals surface area contributed by atoms with Gasteiger partial charge in [0, 0.05) is 24.5 Å². The van der Waals surface area contributed by atoms with Crippen molar-refractivity contribution in [3.63, 3.8) is 0 Å². The molecule has 1 N–H and O–H groups in total. The lowest BCUT2D eigenvalue weighted by molar-refractivity contribution is 0.0693. The molecule has 0 fully saturated rings. The molecule has 18 heavy (non-hydrogen) atoms. The Morgan fingerprint density at radius 3 is 2.67 bits per heavy atom. The zero-order valence-electron chi connectivity index (χ0n) is 8.93. The van der Waals surface area contributed by atoms with Gasteiger partial charge in [-0.15, -0.1) is 0 Å². The Morgan fingerprint density at radius 1 is 1.22 bits per heavy atom. The molecule has 1 aromatic carbocycles. The zero-order valence-corrected chi connectivity index (χ0v) is 8.93. The largest absolute Gasteiger partial charge is 0.477 e. The van der Waals surface area contributed by atoms with E-state index in [9.17, 15) is 13.6 Å². The van der Waals surface area contributed by atoms with Gasteiger partial charge >= 0.3 is 5.97 Å². The number of carboxylic acid groups (broad SMARTS) is 1. The molecule has 0 atom stereocenters. The Labute approximate surface area is 100 Å². The van der Waals surface area contributed by atoms with Crippen LogP contribution in [0, 0.1) is 11.6 Å². The predicted octanol–water partition coefficient (Wildman–Crippen LogP) is 2.85. The Bertz CT molecular complexity index is 602. The molecule has 1 aromatic heterocycles. The van der Waals surface area contributed by atoms with Crippen molar-refractivity contribution in [3.05, 3.63) is 53.9 Å². The number of carbonyl (C=O) groups is 1. The van der Waals surface area contributed by atoms with E-state index in [2.05, 4.69) is 4.98 Å². The van der Waals surface area contributed by atoms with Crippen LogP contribution < -0.4 is 4.74 Å². The molecule has 0 saturated heterocycles. The second kappa shape index (κ2) is 4.79. The summed E-state index contributed by atoms with van der Waals surface area (Å²) in [5, 5.41) is 8.88. The average molecular weight is 251 g/mol. The monoisotopic (exact) mass is 251 g/mol. The van der Waals surface area contributed by atoms with E-state index in [1.807, 2.05) is 0 Å². The lowest BCUT2D eigenvalue weighted by atomic mass is 10.2. The number of halogens is 2. The second-order valence-electron chi connectivity index (χ2n) is 3.35. The summed E-state index contributed by atoms with van der Waals surface area (Å²) in [7, 11) is 0. The van der Waals surface area contributed by atoms with Crippen molar-refractivity contribution in [2.45, 2.75) is 0 Å². The molecule has 0 radical (unpaired) electrons. The number of aromatic carboxylic acids is 1. The molecule has 1 heterocycles. The van der Waals surface area contributed by atoms with Gasteiger partial charge in [-0.25, -0.2) is 13.6 Å². The summed E-state index contributed by atoms with van der Waals surface area (Å²) in [5.41, 5.74) is -0.207. The molecular weight excluding hydrogens is 244 g/mol. The highest BCUT2D eigenvalue weighted by Gasteiger charge is 2.13. The van der Waals surface area contributed by atoms with Gasteiger partial charge < -0.3 is 9.84 Å². The first-order valence-corrected chi connectivity index (χ1v) is 4.88. The third kappa shape index (κ3) is 2.42. The van der Waals surface area contributed by atoms with Gasteiger partial charge in [-0.1, -0.05) is 0 Å². The van der Waals surface area contributed by atoms with Gasteiger partial charge in [0.05, 0.1) is 0 Å². The molecular formula is C12H7F2NO3. The van der Waals surface area contributed by atoms with Crippen molar-refractivity contribution in [3.8, 4) is 11.5 Å². The van der Waals surface area contributed by atoms with Crippen LogP contribution in [0.4, 0.5) is 8.78 Å². The summed E-state index contributed by atoms with van der Waals surface area (Å²) in [6, 6.07) is 4.03. The van der Waals surface area contributed by atoms with Crippen LogP contribution in [0.15, 0.2) is 36.7 Å². The number of pyridine rings is 1. The van der Waals surface area contributed by atoms with E-state index in [1.54, 1.807) is 0 Å². The van der Waals surface area contributed by atoms with Crippen LogP contribution in [0.25, 0.3) is 0 Å². The zero-order chi connectivity index (χ0) is 13.1. The SMILES string of the molecule is O=C(O)c1cnccc1Oc1ccc(F)cc1F. The van der Waals surface area contributed by atoms with Crippen LogP contribution in [-0.2, 0) is 0 Å². The maximum absolute atomic E-state index is 13.3. The van der Waals surface area contributed by atoms with Crippen LogP contribution in [0.5, 0.6) is 11.5 Å². The number of carboxylic acids is 1. The van der Waals surface area contributed by atoms with Crippen LogP contribution in [-0.4, -0.2) is 16.1 Å². The minimum atomic E-state index is -1.25. The van der Waals surface area contributed by atoms with Gasteiger partial charge in [0.1, 0.15) is 17.1 Å². The number of benzene rings is 1. The molecule has 0 saturated carbocycles. The minimum absolute atomic E-state index is 0.0667. The summed E-state index contributed by atoms with van der Waals surface area (Å²) in [5.74, 6) is -3.23. The minimum Gasteiger partial charge on any atom is -0.477 e. The fourth-order valence-corrected chi connectivity index (χ4v) is 1.31. The van der Waals surface area contributed by atoms with Crippen molar-refractivity contribution in [2.24, 2.45) is 0 Å². The smallest absolute Gasteiger partial charge is 0.341 e. The van der Waals surface area contributed by atoms with E-state index in [1.165, 1.54) is 12.3 Å². The number of hydrogen-bond donors (Lipinski definition) is 1. The summed E-state index contributed by atoms with van der Waals surface area (Å²) in [6.07, 6.45) is 2.39. The van der Waals surface area contributed by atoms with E-state index < -0.39 is 17.6 Å². The molecule has 0 aliphatic carbocycles. The molecule has 0 aliphatic heterocycles. The van der Waals surface area contributed by atoms with Crippen molar-refractivity contribution in [1.82, 2.24) is 4.98 Å². The van der Waals surface area contributed by atoms with Crippen LogP contribution in [0.1, 0.15) is 10.4 Å². The normalized spacial score (nSPS) is 10.1. The molecule has 6 heteroatoms. The Balaban J connectivity index is 2.37. The van der Waals surface area contributed by atoms with Gasteiger partial charge in [-0.2, -0.15) is 0 Å². The van der Waals surface area contributed by atoms with Crippen molar-refractivity contribution in [2.75, 3.05) is 0 Å². The molecule has 0 aliphatic rings. The topological polar surface area (TPSA) is 59.4 Å². The molecule has 2 aromatic rings. The average Bonchev–Trinajstić information content (AvgIpc) is 2.33. The number of hydrogen-bond acceptors (Lipinski definition) is 3. The highest BCUT2D eigenvalue weighted by atomic mass is 19.1. The van der Waals surface area contributed by atoms with Crippen molar-refractivity contribution >= 4 is 5.97 Å². The number of nitrogens with zero attached hydrogens (tertiary/aromatic N) is 1. The van der Waals surface area contributed by atoms with Gasteiger partial charge in [0.2, 0.25) is 0 Å². The fraction of sp³-hybridized carbons (Fsp3) is 0. The maximum atomic E-state index is 13.3. The summed E-state index contributed by atoms with van der Waals surface area (Å²) in [6.45, 7) is 0. The van der Waals surface area contributed by atoms with Gasteiger partial charge in [-0.05, 0) is 12.1 Å². The number of aromatic nitrogens is 1. The highest BCUT2D eigenvalue weighted by Crippen LogP contribution is 2.27. The second-order valence-corrected chi connectivity index (χ2v) is 3.35. The van der Waals surface area contributed by atoms with E-state index in [0.29, 0.717) is 6.07 Å². The summed E-state index contributed by atoms with van der Waals surface area (Å²) < 4.78 is 31.1. The first-order valence-electron chi connectivity index (χ1n) is 4.88. The van der Waals surface area contributed by atoms with Crippen LogP contribution >= 0.6 is 0 Å². The van der Waals surface area contributed by atoms with E-state index in [4.69, 9.17) is 9.84 Å². The number of rotatable bonds is 3. The molecule has 4 nitrogen and oxygen atoms in total. The molecule has 0 bridgehead atoms. The predicted molar refractivity (Wildman–Crippen MR) is 57.6 cm³/mol. The van der Waals surface area contributed by atoms with E-state index >= 15 is 0 Å². The standard InChI is InChI=1S/C12H7F2NO3/c13-7-1-2-11(9(14)5-7)18-10-3-4-15-6-8(10)12(16)17/h1-6H,(H,16,17). The first kappa shape index (κ1) is 12.0. The first-order chi connectivity index (χ1) is 8.58. The molecule has 0 amide bonds. The number of ether oxygens (including phenoxy) is 1. The van der Waals surface area contributed by atoms with E-state index in [0.717, 1.165) is 18.3 Å². The van der Waals surface area contributed by atoms with Crippen molar-refractivity contribution < 1.29 is 23.4 Å². The molecule has 0 spiro atoms. The summed E-state index contributed by atoms with van der Waals surface area (Å²) in [4.78, 5) is 14.5. The lowest BCUT2D eigenvalue weighted by Crippen LogP contribution is -2.01. The van der Waals surface area contributed by atoms with Crippen LogP contribution in [0.2, 0.25) is 0 Å². The summed E-state index contributed by atoms with van der Waals surface area (Å²) >= 11 is 0. The fourth-order valence-electron chi connectivity index (χ4n) is 1.31. The van der Waals surface area contributed by atoms with Gasteiger partial charge in [0.25, 0.3) is 0 Å². The third-order valence-electron chi connectivity index (χ3n) is 2.13. The molecule has 0 unspecified atom stereocenters. The maximum Gasteiger partial charge on any atom is 0.341 e. The van der Waals surface area contributed by atoms with Crippen LogP contribution in [0.3, 0.4) is 0 Å². The lowest BCUT2D eigenvalue weighted by Gasteiger charge is -2.08. The van der Waals surface area contributed by atoms with Gasteiger partial charge in [-0.3, -0.25) is 4.98 Å². The Hall–Kier alpha value is -2.50. The quantitative estimate of drug-likeness (QED) is 0.911. The Morgan fingerprint density at radius 2 is 2.00 bits per heavy atom. The van der Waals surface area contributed by atoms with Gasteiger partial charge in [0.15, 0.2) is 11.6 Å². The third-order valence-corrected chi connectivity index (χ3v) is 2.13.